The van der Waals surface area contributed by atoms with Crippen LogP contribution in [0.25, 0.3) is 0 Å². The number of carbonyl (C=O) groups excluding carboxylic acids is 1. The number of carbonyl (C=O) groups is 1. The van der Waals surface area contributed by atoms with Gasteiger partial charge in [-0.05, 0) is 33.1 Å². The minimum absolute atomic E-state index is 0.00405. The van der Waals surface area contributed by atoms with E-state index >= 15 is 0 Å². The first-order valence-electron chi connectivity index (χ1n) is 10.1. The molecule has 0 aromatic carbocycles. The summed E-state index contributed by atoms with van der Waals surface area (Å²) in [5.74, 6) is -0.110. The highest BCUT2D eigenvalue weighted by molar-refractivity contribution is 7.86. The third-order valence-electron chi connectivity index (χ3n) is 5.88. The van der Waals surface area contributed by atoms with Crippen LogP contribution in [0.4, 0.5) is 0 Å². The van der Waals surface area contributed by atoms with Crippen LogP contribution in [0.1, 0.15) is 55.1 Å². The monoisotopic (exact) mass is 411 g/mol. The maximum Gasteiger partial charge on any atom is 0.281 e. The van der Waals surface area contributed by atoms with Crippen LogP contribution in [0.5, 0.6) is 0 Å². The van der Waals surface area contributed by atoms with Gasteiger partial charge >= 0.3 is 0 Å². The van der Waals surface area contributed by atoms with Gasteiger partial charge in [0.15, 0.2) is 0 Å². The minimum Gasteiger partial charge on any atom is -0.372 e. The van der Waals surface area contributed by atoms with Crippen molar-refractivity contribution in [3.05, 3.63) is 17.5 Å². The summed E-state index contributed by atoms with van der Waals surface area (Å²) in [6.45, 7) is 7.09. The zero-order valence-electron chi connectivity index (χ0n) is 16.5. The Morgan fingerprint density at radius 2 is 1.79 bits per heavy atom. The molecule has 10 heteroatoms. The molecule has 1 aromatic rings. The molecule has 1 N–H and O–H groups in total. The van der Waals surface area contributed by atoms with Crippen molar-refractivity contribution >= 4 is 16.1 Å². The van der Waals surface area contributed by atoms with Crippen molar-refractivity contribution in [2.24, 2.45) is 0 Å². The van der Waals surface area contributed by atoms with Crippen molar-refractivity contribution in [3.8, 4) is 0 Å². The second-order valence-corrected chi connectivity index (χ2v) is 10.1. The van der Waals surface area contributed by atoms with Crippen LogP contribution in [-0.2, 0) is 14.9 Å². The third-order valence-corrected chi connectivity index (χ3v) is 7.88. The summed E-state index contributed by atoms with van der Waals surface area (Å²) in [6, 6.07) is 0. The number of rotatable bonds is 4. The molecular weight excluding hydrogens is 382 g/mol. The number of H-pyrrole nitrogens is 1. The second kappa shape index (κ2) is 7.74. The number of aromatic amines is 1. The van der Waals surface area contributed by atoms with E-state index in [-0.39, 0.29) is 24.0 Å². The molecule has 0 aliphatic carbocycles. The lowest BCUT2D eigenvalue weighted by Crippen LogP contribution is -2.48. The van der Waals surface area contributed by atoms with E-state index in [9.17, 15) is 13.2 Å². The van der Waals surface area contributed by atoms with Crippen molar-refractivity contribution in [2.75, 3.05) is 39.3 Å². The number of hydrogen-bond acceptors (Lipinski definition) is 5. The van der Waals surface area contributed by atoms with Gasteiger partial charge < -0.3 is 9.64 Å². The van der Waals surface area contributed by atoms with E-state index in [0.29, 0.717) is 51.3 Å². The van der Waals surface area contributed by atoms with Gasteiger partial charge in [0.25, 0.3) is 16.1 Å². The fraction of sp³-hybridized carbons (Fsp3) is 0.778. The van der Waals surface area contributed by atoms with Crippen LogP contribution in [-0.4, -0.2) is 89.5 Å². The molecule has 3 saturated heterocycles. The Morgan fingerprint density at radius 3 is 2.46 bits per heavy atom. The highest BCUT2D eigenvalue weighted by Crippen LogP contribution is 2.32. The van der Waals surface area contributed by atoms with Crippen LogP contribution in [0.3, 0.4) is 0 Å². The Morgan fingerprint density at radius 1 is 1.11 bits per heavy atom. The molecule has 3 atom stereocenters. The van der Waals surface area contributed by atoms with Crippen molar-refractivity contribution in [1.82, 2.24) is 23.7 Å². The van der Waals surface area contributed by atoms with Gasteiger partial charge in [-0.25, -0.2) is 0 Å². The van der Waals surface area contributed by atoms with Crippen molar-refractivity contribution in [2.45, 2.75) is 51.2 Å². The molecule has 3 aliphatic heterocycles. The summed E-state index contributed by atoms with van der Waals surface area (Å²) in [4.78, 5) is 14.9. The smallest absolute Gasteiger partial charge is 0.281 e. The van der Waals surface area contributed by atoms with Gasteiger partial charge in [-0.15, -0.1) is 0 Å². The largest absolute Gasteiger partial charge is 0.372 e. The molecule has 0 radical (unpaired) electrons. The summed E-state index contributed by atoms with van der Waals surface area (Å²) in [7, 11) is -3.41. The van der Waals surface area contributed by atoms with E-state index in [1.165, 1.54) is 0 Å². The zero-order valence-corrected chi connectivity index (χ0v) is 17.3. The topological polar surface area (TPSA) is 98.8 Å². The molecule has 0 bridgehead atoms. The number of ether oxygens (including phenoxy) is 1. The molecule has 9 nitrogen and oxygen atoms in total. The normalized spacial score (nSPS) is 30.2. The fourth-order valence-electron chi connectivity index (χ4n) is 4.55. The van der Waals surface area contributed by atoms with E-state index in [4.69, 9.17) is 4.74 Å². The Hall–Kier alpha value is -1.49. The lowest BCUT2D eigenvalue weighted by molar-refractivity contribution is -0.0586. The molecule has 28 heavy (non-hydrogen) atoms. The number of nitrogens with zero attached hydrogens (tertiary/aromatic N) is 4. The molecule has 4 rings (SSSR count). The first-order chi connectivity index (χ1) is 13.4. The predicted octanol–water partition coefficient (Wildman–Crippen LogP) is 0.789. The number of amides is 1. The summed E-state index contributed by atoms with van der Waals surface area (Å²) in [5, 5.41) is 7.07. The molecule has 156 valence electrons. The van der Waals surface area contributed by atoms with E-state index in [1.54, 1.807) is 19.7 Å². The molecule has 3 aliphatic rings. The lowest BCUT2D eigenvalue weighted by Gasteiger charge is -2.35. The van der Waals surface area contributed by atoms with Crippen molar-refractivity contribution in [1.29, 1.82) is 0 Å². The van der Waals surface area contributed by atoms with Crippen molar-refractivity contribution < 1.29 is 17.9 Å². The Bertz CT molecular complexity index is 810. The summed E-state index contributed by atoms with van der Waals surface area (Å²) in [6.07, 6.45) is 4.09. The first-order valence-corrected chi connectivity index (χ1v) is 11.5. The van der Waals surface area contributed by atoms with Crippen LogP contribution < -0.4 is 0 Å². The van der Waals surface area contributed by atoms with Crippen LogP contribution >= 0.6 is 0 Å². The van der Waals surface area contributed by atoms with Crippen LogP contribution in [0.15, 0.2) is 6.20 Å². The molecule has 0 spiro atoms. The minimum atomic E-state index is -3.41. The van der Waals surface area contributed by atoms with Gasteiger partial charge in [-0.2, -0.15) is 22.1 Å². The fourth-order valence-corrected chi connectivity index (χ4v) is 6.30. The standard InChI is InChI=1S/C18H29N5O4S/c1-13-10-21(11-14(2)27-13)18(24)16-9-19-20-17(16)15-5-8-23(12-15)28(25,26)22-6-3-4-7-22/h9,13-15H,3-8,10-12H2,1-2H3,(H,19,20)/t13-,14-,15-/m1/s1. The average Bonchev–Trinajstić information content (AvgIpc) is 3.41. The molecule has 0 unspecified atom stereocenters. The van der Waals surface area contributed by atoms with E-state index in [2.05, 4.69) is 10.2 Å². The van der Waals surface area contributed by atoms with Gasteiger partial charge in [0, 0.05) is 45.2 Å². The lowest BCUT2D eigenvalue weighted by atomic mass is 10.0. The SMILES string of the molecule is C[C@@H]1CN(C(=O)c2cn[nH]c2[C@@H]2CCN(S(=O)(=O)N3CCCC3)C2)C[C@@H](C)O1. The Labute approximate surface area is 166 Å². The Balaban J connectivity index is 1.48. The van der Waals surface area contributed by atoms with E-state index < -0.39 is 10.2 Å². The number of hydrogen-bond donors (Lipinski definition) is 1. The second-order valence-electron chi connectivity index (χ2n) is 8.12. The highest BCUT2D eigenvalue weighted by atomic mass is 32.2. The number of aromatic nitrogens is 2. The quantitative estimate of drug-likeness (QED) is 0.790. The van der Waals surface area contributed by atoms with Gasteiger partial charge in [-0.3, -0.25) is 9.89 Å². The van der Waals surface area contributed by atoms with Gasteiger partial charge in [-0.1, -0.05) is 0 Å². The number of morpholine rings is 1. The first kappa shape index (κ1) is 19.8. The van der Waals surface area contributed by atoms with E-state index in [0.717, 1.165) is 18.5 Å². The van der Waals surface area contributed by atoms with E-state index in [1.807, 2.05) is 13.8 Å². The van der Waals surface area contributed by atoms with Gasteiger partial charge in [0.2, 0.25) is 0 Å². The van der Waals surface area contributed by atoms with Crippen molar-refractivity contribution in [3.63, 3.8) is 0 Å². The summed E-state index contributed by atoms with van der Waals surface area (Å²) in [5.41, 5.74) is 1.29. The van der Waals surface area contributed by atoms with Crippen LogP contribution in [0.2, 0.25) is 0 Å². The molecule has 0 saturated carbocycles. The van der Waals surface area contributed by atoms with Gasteiger partial charge in [0.1, 0.15) is 0 Å². The predicted molar refractivity (Wildman–Crippen MR) is 103 cm³/mol. The maximum atomic E-state index is 13.1. The molecule has 3 fully saturated rings. The summed E-state index contributed by atoms with van der Waals surface area (Å²) < 4.78 is 34.5. The molecular formula is C18H29N5O4S. The maximum absolute atomic E-state index is 13.1. The molecule has 1 aromatic heterocycles. The average molecular weight is 412 g/mol. The number of nitrogens with one attached hydrogen (secondary N) is 1. The molecule has 4 heterocycles. The molecule has 1 amide bonds. The highest BCUT2D eigenvalue weighted by Gasteiger charge is 2.39. The zero-order chi connectivity index (χ0) is 19.9. The third kappa shape index (κ3) is 3.70. The van der Waals surface area contributed by atoms with Crippen LogP contribution in [0, 0.1) is 0 Å². The summed E-state index contributed by atoms with van der Waals surface area (Å²) >= 11 is 0. The van der Waals surface area contributed by atoms with Gasteiger partial charge in [0.05, 0.1) is 29.7 Å². The Kier molecular flexibility index (Phi) is 5.47.